The molecule has 0 radical (unpaired) electrons. The number of methoxy groups -OCH3 is 1. The molecule has 0 aromatic heterocycles. The summed E-state index contributed by atoms with van der Waals surface area (Å²) in [7, 11) is 1.57. The lowest BCUT2D eigenvalue weighted by molar-refractivity contribution is -0.125. The number of primary amides is 1. The molecule has 0 saturated heterocycles. The van der Waals surface area contributed by atoms with Crippen molar-refractivity contribution in [3.63, 3.8) is 0 Å². The average Bonchev–Trinajstić information content (AvgIpc) is 2.25. The first-order valence-electron chi connectivity index (χ1n) is 5.69. The summed E-state index contributed by atoms with van der Waals surface area (Å²) in [5.74, 6) is -0.645. The number of nitrogens with one attached hydrogen (secondary N) is 2. The van der Waals surface area contributed by atoms with Crippen LogP contribution in [0.2, 0.25) is 0 Å². The van der Waals surface area contributed by atoms with Gasteiger partial charge in [0, 0.05) is 13.2 Å². The maximum Gasteiger partial charge on any atom is 0.237 e. The topological polar surface area (TPSA) is 93.4 Å². The highest BCUT2D eigenvalue weighted by Crippen LogP contribution is 2.06. The van der Waals surface area contributed by atoms with E-state index in [1.807, 2.05) is 13.8 Å². The Morgan fingerprint density at radius 2 is 2.06 bits per heavy atom. The Balaban J connectivity index is 4.10. The van der Waals surface area contributed by atoms with E-state index in [1.165, 1.54) is 0 Å². The van der Waals surface area contributed by atoms with Gasteiger partial charge in [-0.25, -0.2) is 0 Å². The summed E-state index contributed by atoms with van der Waals surface area (Å²) in [4.78, 5) is 22.7. The van der Waals surface area contributed by atoms with Crippen molar-refractivity contribution in [2.45, 2.75) is 38.8 Å². The van der Waals surface area contributed by atoms with Crippen molar-refractivity contribution in [1.82, 2.24) is 10.6 Å². The van der Waals surface area contributed by atoms with Crippen LogP contribution in [0.25, 0.3) is 0 Å². The van der Waals surface area contributed by atoms with Gasteiger partial charge in [-0.3, -0.25) is 14.9 Å². The normalized spacial score (nSPS) is 16.0. The molecule has 0 fully saturated rings. The summed E-state index contributed by atoms with van der Waals surface area (Å²) < 4.78 is 4.90. The Morgan fingerprint density at radius 1 is 1.47 bits per heavy atom. The van der Waals surface area contributed by atoms with Crippen molar-refractivity contribution in [2.75, 3.05) is 20.3 Å². The van der Waals surface area contributed by atoms with Gasteiger partial charge < -0.3 is 15.8 Å². The zero-order valence-electron chi connectivity index (χ0n) is 11.0. The first-order chi connectivity index (χ1) is 7.85. The molecule has 0 heterocycles. The minimum absolute atomic E-state index is 0.0569. The molecule has 0 spiro atoms. The van der Waals surface area contributed by atoms with Crippen molar-refractivity contribution >= 4 is 11.8 Å². The van der Waals surface area contributed by atoms with E-state index in [0.29, 0.717) is 13.0 Å². The molecule has 2 amide bonds. The summed E-state index contributed by atoms with van der Waals surface area (Å²) in [6, 6.07) is -0.0595. The van der Waals surface area contributed by atoms with Gasteiger partial charge in [-0.05, 0) is 20.3 Å². The molecule has 0 rings (SSSR count). The van der Waals surface area contributed by atoms with Crippen LogP contribution in [0.5, 0.6) is 0 Å². The number of nitrogens with two attached hydrogens (primary N) is 1. The monoisotopic (exact) mass is 245 g/mol. The fourth-order valence-electron chi connectivity index (χ4n) is 1.28. The molecule has 100 valence electrons. The van der Waals surface area contributed by atoms with Crippen molar-refractivity contribution in [2.24, 2.45) is 5.73 Å². The largest absolute Gasteiger partial charge is 0.383 e. The Hall–Kier alpha value is -1.14. The highest BCUT2D eigenvalue weighted by molar-refractivity contribution is 5.85. The van der Waals surface area contributed by atoms with E-state index < -0.39 is 11.4 Å². The molecule has 0 aliphatic heterocycles. The lowest BCUT2D eigenvalue weighted by atomic mass is 9.98. The lowest BCUT2D eigenvalue weighted by Crippen LogP contribution is -2.55. The number of carbonyl (C=O) groups excluding carboxylic acids is 2. The van der Waals surface area contributed by atoms with Crippen molar-refractivity contribution in [3.05, 3.63) is 0 Å². The number of ether oxygens (including phenoxy) is 1. The Morgan fingerprint density at radius 3 is 2.47 bits per heavy atom. The second-order valence-electron chi connectivity index (χ2n) is 4.33. The summed E-state index contributed by atoms with van der Waals surface area (Å²) in [6.45, 7) is 5.87. The zero-order chi connectivity index (χ0) is 13.5. The first-order valence-corrected chi connectivity index (χ1v) is 5.69. The number of amides is 2. The molecule has 0 saturated carbocycles. The van der Waals surface area contributed by atoms with Crippen LogP contribution in [0.1, 0.15) is 27.2 Å². The standard InChI is InChI=1S/C11H23N3O3/c1-5-11(3,10(12)16)13-6-9(15)14-8(2)7-17-4/h8,13H,5-7H2,1-4H3,(H2,12,16)(H,14,15). The van der Waals surface area contributed by atoms with Gasteiger partial charge in [0.25, 0.3) is 0 Å². The third-order valence-electron chi connectivity index (χ3n) is 2.71. The predicted molar refractivity (Wildman–Crippen MR) is 65.4 cm³/mol. The molecule has 17 heavy (non-hydrogen) atoms. The van der Waals surface area contributed by atoms with E-state index in [9.17, 15) is 9.59 Å². The SMILES string of the molecule is CCC(C)(NCC(=O)NC(C)COC)C(N)=O. The van der Waals surface area contributed by atoms with Crippen molar-refractivity contribution in [1.29, 1.82) is 0 Å². The van der Waals surface area contributed by atoms with E-state index in [4.69, 9.17) is 10.5 Å². The number of hydrogen-bond acceptors (Lipinski definition) is 4. The maximum absolute atomic E-state index is 11.5. The minimum Gasteiger partial charge on any atom is -0.383 e. The average molecular weight is 245 g/mol. The zero-order valence-corrected chi connectivity index (χ0v) is 11.0. The summed E-state index contributed by atoms with van der Waals surface area (Å²) in [5.41, 5.74) is 4.42. The van der Waals surface area contributed by atoms with Crippen LogP contribution in [0.15, 0.2) is 0 Å². The van der Waals surface area contributed by atoms with Crippen LogP contribution in [0, 0.1) is 0 Å². The number of carbonyl (C=O) groups is 2. The second-order valence-corrected chi connectivity index (χ2v) is 4.33. The van der Waals surface area contributed by atoms with Gasteiger partial charge >= 0.3 is 0 Å². The van der Waals surface area contributed by atoms with Crippen LogP contribution in [0.4, 0.5) is 0 Å². The summed E-state index contributed by atoms with van der Waals surface area (Å²) in [6.07, 6.45) is 0.531. The van der Waals surface area contributed by atoms with Gasteiger partial charge in [0.05, 0.1) is 18.7 Å². The third-order valence-corrected chi connectivity index (χ3v) is 2.71. The third kappa shape index (κ3) is 5.65. The second kappa shape index (κ2) is 7.24. The van der Waals surface area contributed by atoms with Crippen molar-refractivity contribution in [3.8, 4) is 0 Å². The molecular weight excluding hydrogens is 222 g/mol. The number of rotatable bonds is 8. The molecular formula is C11H23N3O3. The fraction of sp³-hybridized carbons (Fsp3) is 0.818. The predicted octanol–water partition coefficient (Wildman–Crippen LogP) is -0.619. The fourth-order valence-corrected chi connectivity index (χ4v) is 1.28. The Kier molecular flexibility index (Phi) is 6.75. The van der Waals surface area contributed by atoms with Gasteiger partial charge in [0.2, 0.25) is 11.8 Å². The molecule has 6 nitrogen and oxygen atoms in total. The molecule has 2 unspecified atom stereocenters. The van der Waals surface area contributed by atoms with E-state index in [2.05, 4.69) is 10.6 Å². The van der Waals surface area contributed by atoms with E-state index in [0.717, 1.165) is 0 Å². The number of hydrogen-bond donors (Lipinski definition) is 3. The van der Waals surface area contributed by atoms with Crippen molar-refractivity contribution < 1.29 is 14.3 Å². The first kappa shape index (κ1) is 15.9. The molecule has 0 bridgehead atoms. The Labute approximate surface area is 102 Å². The quantitative estimate of drug-likeness (QED) is 0.531. The summed E-state index contributed by atoms with van der Waals surface area (Å²) in [5, 5.41) is 5.60. The summed E-state index contributed by atoms with van der Waals surface area (Å²) >= 11 is 0. The molecule has 4 N–H and O–H groups in total. The molecule has 0 aromatic rings. The maximum atomic E-state index is 11.5. The van der Waals surface area contributed by atoms with Crippen LogP contribution < -0.4 is 16.4 Å². The highest BCUT2D eigenvalue weighted by atomic mass is 16.5. The van der Waals surface area contributed by atoms with E-state index >= 15 is 0 Å². The smallest absolute Gasteiger partial charge is 0.237 e. The van der Waals surface area contributed by atoms with Gasteiger partial charge in [0.15, 0.2) is 0 Å². The van der Waals surface area contributed by atoms with Gasteiger partial charge in [-0.15, -0.1) is 0 Å². The van der Waals surface area contributed by atoms with E-state index in [-0.39, 0.29) is 18.5 Å². The lowest BCUT2D eigenvalue weighted by Gasteiger charge is -2.26. The Bertz CT molecular complexity index is 271. The molecule has 0 aliphatic carbocycles. The minimum atomic E-state index is -0.845. The highest BCUT2D eigenvalue weighted by Gasteiger charge is 2.28. The van der Waals surface area contributed by atoms with Crippen LogP contribution >= 0.6 is 0 Å². The van der Waals surface area contributed by atoms with E-state index in [1.54, 1.807) is 14.0 Å². The molecule has 0 aromatic carbocycles. The van der Waals surface area contributed by atoms with Crippen LogP contribution in [0.3, 0.4) is 0 Å². The van der Waals surface area contributed by atoms with Crippen LogP contribution in [-0.4, -0.2) is 43.7 Å². The molecule has 0 aliphatic rings. The van der Waals surface area contributed by atoms with Crippen LogP contribution in [-0.2, 0) is 14.3 Å². The molecule has 6 heteroatoms. The van der Waals surface area contributed by atoms with Gasteiger partial charge in [-0.1, -0.05) is 6.92 Å². The molecule has 2 atom stereocenters. The van der Waals surface area contributed by atoms with Gasteiger partial charge in [0.1, 0.15) is 0 Å². The van der Waals surface area contributed by atoms with Gasteiger partial charge in [-0.2, -0.15) is 0 Å².